The molecule has 1 aromatic rings. The van der Waals surface area contributed by atoms with E-state index in [9.17, 15) is 4.79 Å². The number of hydrogen-bond acceptors (Lipinski definition) is 4. The van der Waals surface area contributed by atoms with Crippen LogP contribution in [0.4, 0.5) is 0 Å². The maximum absolute atomic E-state index is 12.1. The molecule has 1 atom stereocenters. The van der Waals surface area contributed by atoms with Gasteiger partial charge in [-0.2, -0.15) is 0 Å². The third kappa shape index (κ3) is 2.09. The molecule has 1 unspecified atom stereocenters. The van der Waals surface area contributed by atoms with E-state index in [2.05, 4.69) is 15.8 Å². The van der Waals surface area contributed by atoms with Crippen LogP contribution in [-0.2, 0) is 11.3 Å². The summed E-state index contributed by atoms with van der Waals surface area (Å²) in [5, 5.41) is 9.94. The molecule has 88 valence electrons. The van der Waals surface area contributed by atoms with Crippen molar-refractivity contribution in [3.63, 3.8) is 0 Å². The number of hydrogen-bond donors (Lipinski definition) is 2. The molecular weight excluding hydrogens is 206 g/mol. The Balaban J connectivity index is 1.91. The summed E-state index contributed by atoms with van der Waals surface area (Å²) < 4.78 is 4.71. The monoisotopic (exact) mass is 223 g/mol. The van der Waals surface area contributed by atoms with Crippen molar-refractivity contribution in [1.29, 1.82) is 0 Å². The zero-order valence-corrected chi connectivity index (χ0v) is 9.45. The van der Waals surface area contributed by atoms with Gasteiger partial charge in [0.25, 0.3) is 0 Å². The first kappa shape index (κ1) is 11.1. The van der Waals surface area contributed by atoms with Crippen LogP contribution < -0.4 is 10.6 Å². The Morgan fingerprint density at radius 1 is 1.75 bits per heavy atom. The molecule has 0 spiro atoms. The largest absolute Gasteiger partial charge is 0.364 e. The summed E-state index contributed by atoms with van der Waals surface area (Å²) >= 11 is 0. The average molecular weight is 223 g/mol. The first-order valence-electron chi connectivity index (χ1n) is 5.69. The predicted molar refractivity (Wildman–Crippen MR) is 58.6 cm³/mol. The third-order valence-corrected chi connectivity index (χ3v) is 3.20. The summed E-state index contributed by atoms with van der Waals surface area (Å²) in [4.78, 5) is 12.1. The van der Waals surface area contributed by atoms with Crippen LogP contribution in [-0.4, -0.2) is 23.1 Å². The van der Waals surface area contributed by atoms with Gasteiger partial charge in [0.05, 0.1) is 12.1 Å². The fourth-order valence-corrected chi connectivity index (χ4v) is 2.13. The zero-order chi connectivity index (χ0) is 11.4. The van der Waals surface area contributed by atoms with E-state index in [0.29, 0.717) is 6.54 Å². The van der Waals surface area contributed by atoms with Crippen LogP contribution in [0.15, 0.2) is 16.9 Å². The molecule has 2 rings (SSSR count). The normalized spacial score (nSPS) is 24.6. The van der Waals surface area contributed by atoms with Crippen LogP contribution in [0.1, 0.15) is 31.9 Å². The minimum atomic E-state index is -0.371. The first-order chi connectivity index (χ1) is 7.77. The lowest BCUT2D eigenvalue weighted by Gasteiger charge is -2.26. The summed E-state index contributed by atoms with van der Waals surface area (Å²) in [5.74, 6) is 0.0653. The van der Waals surface area contributed by atoms with Gasteiger partial charge in [-0.1, -0.05) is 12.1 Å². The maximum Gasteiger partial charge on any atom is 0.240 e. The van der Waals surface area contributed by atoms with Crippen molar-refractivity contribution in [1.82, 2.24) is 15.8 Å². The van der Waals surface area contributed by atoms with E-state index in [1.54, 1.807) is 6.07 Å². The summed E-state index contributed by atoms with van der Waals surface area (Å²) in [6, 6.07) is 1.75. The lowest BCUT2D eigenvalue weighted by Crippen LogP contribution is -2.52. The Labute approximate surface area is 94.6 Å². The molecule has 5 heteroatoms. The average Bonchev–Trinajstić information content (AvgIpc) is 2.97. The molecule has 16 heavy (non-hydrogen) atoms. The van der Waals surface area contributed by atoms with Gasteiger partial charge in [0.2, 0.25) is 5.91 Å². The zero-order valence-electron chi connectivity index (χ0n) is 9.45. The molecule has 2 heterocycles. The van der Waals surface area contributed by atoms with E-state index >= 15 is 0 Å². The fraction of sp³-hybridized carbons (Fsp3) is 0.636. The van der Waals surface area contributed by atoms with Crippen LogP contribution in [0.3, 0.4) is 0 Å². The van der Waals surface area contributed by atoms with Crippen molar-refractivity contribution >= 4 is 5.91 Å². The van der Waals surface area contributed by atoms with E-state index in [1.165, 1.54) is 6.26 Å². The number of nitrogens with one attached hydrogen (secondary N) is 2. The number of carbonyl (C=O) groups excluding carboxylic acids is 1. The van der Waals surface area contributed by atoms with Crippen molar-refractivity contribution in [3.05, 3.63) is 18.0 Å². The Hall–Kier alpha value is -1.36. The van der Waals surface area contributed by atoms with Crippen LogP contribution in [0.2, 0.25) is 0 Å². The van der Waals surface area contributed by atoms with Crippen LogP contribution in [0.25, 0.3) is 0 Å². The van der Waals surface area contributed by atoms with Crippen LogP contribution in [0, 0.1) is 0 Å². The van der Waals surface area contributed by atoms with Gasteiger partial charge in [0, 0.05) is 6.07 Å². The van der Waals surface area contributed by atoms with E-state index in [-0.39, 0.29) is 11.4 Å². The molecule has 0 aromatic carbocycles. The molecule has 5 nitrogen and oxygen atoms in total. The molecule has 1 fully saturated rings. The van der Waals surface area contributed by atoms with Crippen LogP contribution in [0.5, 0.6) is 0 Å². The topological polar surface area (TPSA) is 67.2 Å². The Morgan fingerprint density at radius 3 is 3.19 bits per heavy atom. The minimum absolute atomic E-state index is 0.0653. The summed E-state index contributed by atoms with van der Waals surface area (Å²) in [7, 11) is 0. The molecule has 0 aliphatic carbocycles. The van der Waals surface area contributed by atoms with Crippen LogP contribution >= 0.6 is 0 Å². The number of carbonyl (C=O) groups is 1. The van der Waals surface area contributed by atoms with E-state index in [0.717, 1.165) is 31.5 Å². The summed E-state index contributed by atoms with van der Waals surface area (Å²) in [6.45, 7) is 3.39. The van der Waals surface area contributed by atoms with Gasteiger partial charge in [-0.15, -0.1) is 0 Å². The molecule has 0 saturated carbocycles. The molecule has 0 radical (unpaired) electrons. The molecule has 1 saturated heterocycles. The Kier molecular flexibility index (Phi) is 3.24. The molecular formula is C11H17N3O2. The maximum atomic E-state index is 12.1. The highest BCUT2D eigenvalue weighted by atomic mass is 16.5. The fourth-order valence-electron chi connectivity index (χ4n) is 2.13. The number of aromatic nitrogens is 1. The van der Waals surface area contributed by atoms with Gasteiger partial charge in [0.15, 0.2) is 0 Å². The van der Waals surface area contributed by atoms with Crippen molar-refractivity contribution in [2.75, 3.05) is 6.54 Å². The molecule has 2 N–H and O–H groups in total. The van der Waals surface area contributed by atoms with Gasteiger partial charge in [-0.3, -0.25) is 4.79 Å². The Morgan fingerprint density at radius 2 is 2.62 bits per heavy atom. The molecule has 1 aromatic heterocycles. The van der Waals surface area contributed by atoms with E-state index in [1.807, 2.05) is 6.92 Å². The van der Waals surface area contributed by atoms with Gasteiger partial charge in [-0.25, -0.2) is 0 Å². The van der Waals surface area contributed by atoms with E-state index in [4.69, 9.17) is 4.52 Å². The van der Waals surface area contributed by atoms with Gasteiger partial charge in [0.1, 0.15) is 12.0 Å². The van der Waals surface area contributed by atoms with Crippen molar-refractivity contribution in [2.24, 2.45) is 0 Å². The predicted octanol–water partition coefficient (Wildman–Crippen LogP) is 0.823. The lowest BCUT2D eigenvalue weighted by atomic mass is 9.93. The highest BCUT2D eigenvalue weighted by Gasteiger charge is 2.38. The highest BCUT2D eigenvalue weighted by Crippen LogP contribution is 2.23. The SMILES string of the molecule is CCC1(C(=O)NCc2ccon2)CCCN1. The van der Waals surface area contributed by atoms with Crippen molar-refractivity contribution in [3.8, 4) is 0 Å². The Bertz CT molecular complexity index is 342. The van der Waals surface area contributed by atoms with Crippen molar-refractivity contribution < 1.29 is 9.32 Å². The smallest absolute Gasteiger partial charge is 0.240 e. The van der Waals surface area contributed by atoms with Gasteiger partial charge in [-0.05, 0) is 25.8 Å². The first-order valence-corrected chi connectivity index (χ1v) is 5.69. The number of nitrogens with zero attached hydrogens (tertiary/aromatic N) is 1. The second-order valence-corrected chi connectivity index (χ2v) is 4.14. The molecule has 1 aliphatic rings. The lowest BCUT2D eigenvalue weighted by molar-refractivity contribution is -0.127. The minimum Gasteiger partial charge on any atom is -0.364 e. The van der Waals surface area contributed by atoms with Gasteiger partial charge >= 0.3 is 0 Å². The molecule has 0 bridgehead atoms. The number of amides is 1. The second-order valence-electron chi connectivity index (χ2n) is 4.14. The summed E-state index contributed by atoms with van der Waals surface area (Å²) in [5.41, 5.74) is 0.376. The number of rotatable bonds is 4. The van der Waals surface area contributed by atoms with Gasteiger partial charge < -0.3 is 15.2 Å². The molecule has 1 aliphatic heterocycles. The summed E-state index contributed by atoms with van der Waals surface area (Å²) in [6.07, 6.45) is 4.29. The quantitative estimate of drug-likeness (QED) is 0.793. The second kappa shape index (κ2) is 4.65. The highest BCUT2D eigenvalue weighted by molar-refractivity contribution is 5.86. The van der Waals surface area contributed by atoms with E-state index < -0.39 is 0 Å². The van der Waals surface area contributed by atoms with Crippen molar-refractivity contribution in [2.45, 2.75) is 38.3 Å². The third-order valence-electron chi connectivity index (χ3n) is 3.20. The standard InChI is InChI=1S/C11H17N3O2/c1-2-11(5-3-6-13-11)10(15)12-8-9-4-7-16-14-9/h4,7,13H,2-3,5-6,8H2,1H3,(H,12,15). The molecule has 1 amide bonds.